The summed E-state index contributed by atoms with van der Waals surface area (Å²) in [5.41, 5.74) is 3.52. The first-order valence-corrected chi connectivity index (χ1v) is 6.53. The van der Waals surface area contributed by atoms with Gasteiger partial charge in [-0.25, -0.2) is 0 Å². The van der Waals surface area contributed by atoms with Crippen molar-refractivity contribution in [1.29, 1.82) is 0 Å². The molecule has 1 amide bonds. The summed E-state index contributed by atoms with van der Waals surface area (Å²) in [6.07, 6.45) is 3.46. The Labute approximate surface area is 108 Å². The van der Waals surface area contributed by atoms with Gasteiger partial charge in [0, 0.05) is 24.5 Å². The molecule has 92 valence electrons. The van der Waals surface area contributed by atoms with Gasteiger partial charge in [0.25, 0.3) is 5.91 Å². The molecule has 1 aliphatic rings. The van der Waals surface area contributed by atoms with Crippen molar-refractivity contribution in [1.82, 2.24) is 4.90 Å². The van der Waals surface area contributed by atoms with Gasteiger partial charge in [0.15, 0.2) is 0 Å². The van der Waals surface area contributed by atoms with Crippen molar-refractivity contribution in [2.45, 2.75) is 31.6 Å². The third-order valence-corrected chi connectivity index (χ3v) is 3.36. The number of fused-ring (bicyclic) bond motifs is 1. The fourth-order valence-corrected chi connectivity index (χ4v) is 2.59. The summed E-state index contributed by atoms with van der Waals surface area (Å²) < 4.78 is 0. The molecule has 2 rings (SSSR count). The lowest BCUT2D eigenvalue weighted by molar-refractivity contribution is 0.0796. The zero-order chi connectivity index (χ0) is 12.4. The maximum atomic E-state index is 12.1. The number of nitrogens with zero attached hydrogens (tertiary/aromatic N) is 1. The molecule has 0 fully saturated rings. The largest absolute Gasteiger partial charge is 0.340 e. The van der Waals surface area contributed by atoms with Gasteiger partial charge in [0.1, 0.15) is 0 Å². The minimum atomic E-state index is -0.0154. The molecule has 0 radical (unpaired) electrons. The van der Waals surface area contributed by atoms with E-state index in [4.69, 9.17) is 11.6 Å². The second-order valence-electron chi connectivity index (χ2n) is 4.80. The van der Waals surface area contributed by atoms with E-state index in [2.05, 4.69) is 6.07 Å². The first kappa shape index (κ1) is 12.4. The van der Waals surface area contributed by atoms with Crippen LogP contribution < -0.4 is 0 Å². The van der Waals surface area contributed by atoms with Crippen molar-refractivity contribution in [2.24, 2.45) is 0 Å². The number of aryl methyl sites for hydroxylation is 2. The smallest absolute Gasteiger partial charge is 0.253 e. The summed E-state index contributed by atoms with van der Waals surface area (Å²) in [5.74, 6) is 0.0622. The van der Waals surface area contributed by atoms with Crippen LogP contribution in [0.3, 0.4) is 0 Å². The Kier molecular flexibility index (Phi) is 3.72. The van der Waals surface area contributed by atoms with Crippen LogP contribution in [0.15, 0.2) is 18.2 Å². The quantitative estimate of drug-likeness (QED) is 0.757. The second-order valence-corrected chi connectivity index (χ2v) is 5.55. The monoisotopic (exact) mass is 251 g/mol. The van der Waals surface area contributed by atoms with Gasteiger partial charge in [-0.15, -0.1) is 11.6 Å². The summed E-state index contributed by atoms with van der Waals surface area (Å²) in [6.45, 7) is 2.48. The first-order valence-electron chi connectivity index (χ1n) is 6.09. The number of carbonyl (C=O) groups excluding carboxylic acids is 1. The van der Waals surface area contributed by atoms with E-state index in [1.54, 1.807) is 11.9 Å². The van der Waals surface area contributed by atoms with E-state index in [0.29, 0.717) is 6.54 Å². The molecular formula is C14H18ClNO. The molecule has 1 unspecified atom stereocenters. The van der Waals surface area contributed by atoms with Crippen molar-refractivity contribution in [3.63, 3.8) is 0 Å². The summed E-state index contributed by atoms with van der Waals surface area (Å²) in [6, 6.07) is 6.06. The van der Waals surface area contributed by atoms with Crippen LogP contribution in [-0.2, 0) is 12.8 Å². The van der Waals surface area contributed by atoms with Crippen LogP contribution in [0.2, 0.25) is 0 Å². The van der Waals surface area contributed by atoms with E-state index in [9.17, 15) is 4.79 Å². The van der Waals surface area contributed by atoms with Crippen LogP contribution in [0, 0.1) is 0 Å². The Morgan fingerprint density at radius 2 is 2.12 bits per heavy atom. The predicted molar refractivity (Wildman–Crippen MR) is 70.7 cm³/mol. The molecule has 1 aromatic carbocycles. The van der Waals surface area contributed by atoms with Crippen LogP contribution in [-0.4, -0.2) is 29.8 Å². The molecule has 0 spiro atoms. The summed E-state index contributed by atoms with van der Waals surface area (Å²) >= 11 is 5.90. The van der Waals surface area contributed by atoms with Crippen LogP contribution in [0.4, 0.5) is 0 Å². The molecule has 1 atom stereocenters. The first-order chi connectivity index (χ1) is 8.08. The van der Waals surface area contributed by atoms with Crippen LogP contribution in [0.5, 0.6) is 0 Å². The molecular weight excluding hydrogens is 234 g/mol. The van der Waals surface area contributed by atoms with Gasteiger partial charge in [-0.1, -0.05) is 6.07 Å². The fraction of sp³-hybridized carbons (Fsp3) is 0.500. The highest BCUT2D eigenvalue weighted by molar-refractivity contribution is 6.20. The molecule has 17 heavy (non-hydrogen) atoms. The lowest BCUT2D eigenvalue weighted by Gasteiger charge is -2.18. The van der Waals surface area contributed by atoms with E-state index in [-0.39, 0.29) is 11.3 Å². The van der Waals surface area contributed by atoms with Crippen LogP contribution in [0.25, 0.3) is 0 Å². The van der Waals surface area contributed by atoms with E-state index in [1.165, 1.54) is 17.5 Å². The van der Waals surface area contributed by atoms with Crippen molar-refractivity contribution in [3.05, 3.63) is 34.9 Å². The minimum Gasteiger partial charge on any atom is -0.340 e. The maximum Gasteiger partial charge on any atom is 0.253 e. The van der Waals surface area contributed by atoms with Crippen LogP contribution in [0.1, 0.15) is 34.8 Å². The number of carbonyl (C=O) groups is 1. The molecule has 0 aliphatic heterocycles. The van der Waals surface area contributed by atoms with E-state index in [1.807, 2.05) is 19.1 Å². The zero-order valence-corrected chi connectivity index (χ0v) is 11.1. The van der Waals surface area contributed by atoms with E-state index < -0.39 is 0 Å². The number of hydrogen-bond donors (Lipinski definition) is 0. The lowest BCUT2D eigenvalue weighted by Crippen LogP contribution is -2.31. The Morgan fingerprint density at radius 3 is 2.82 bits per heavy atom. The highest BCUT2D eigenvalue weighted by atomic mass is 35.5. The van der Waals surface area contributed by atoms with Crippen LogP contribution >= 0.6 is 11.6 Å². The van der Waals surface area contributed by atoms with Gasteiger partial charge in [0.05, 0.1) is 0 Å². The number of alkyl halides is 1. The maximum absolute atomic E-state index is 12.1. The van der Waals surface area contributed by atoms with Gasteiger partial charge in [-0.05, 0) is 49.4 Å². The van der Waals surface area contributed by atoms with Gasteiger partial charge in [-0.2, -0.15) is 0 Å². The number of amides is 1. The van der Waals surface area contributed by atoms with Gasteiger partial charge in [-0.3, -0.25) is 4.79 Å². The molecule has 0 N–H and O–H groups in total. The normalized spacial score (nSPS) is 15.5. The fourth-order valence-electron chi connectivity index (χ4n) is 2.39. The highest BCUT2D eigenvalue weighted by Gasteiger charge is 2.17. The van der Waals surface area contributed by atoms with Gasteiger partial charge < -0.3 is 4.90 Å². The Morgan fingerprint density at radius 1 is 1.41 bits per heavy atom. The van der Waals surface area contributed by atoms with Crippen molar-refractivity contribution in [2.75, 3.05) is 13.6 Å². The number of halogens is 1. The molecule has 0 saturated carbocycles. The lowest BCUT2D eigenvalue weighted by atomic mass is 10.1. The Hall–Kier alpha value is -1.02. The second kappa shape index (κ2) is 5.09. The standard InChI is InChI=1S/C14H18ClNO/c1-10(15)9-16(2)14(17)13-7-6-11-4-3-5-12(11)8-13/h6-8,10H,3-5,9H2,1-2H3. The zero-order valence-electron chi connectivity index (χ0n) is 10.4. The van der Waals surface area contributed by atoms with Crippen molar-refractivity contribution < 1.29 is 4.79 Å². The Bertz CT molecular complexity index is 428. The molecule has 1 aliphatic carbocycles. The summed E-state index contributed by atoms with van der Waals surface area (Å²) in [5, 5.41) is -0.0154. The molecule has 0 aromatic heterocycles. The number of benzene rings is 1. The SMILES string of the molecule is CC(Cl)CN(C)C(=O)c1ccc2c(c1)CCC2. The average molecular weight is 252 g/mol. The topological polar surface area (TPSA) is 20.3 Å². The third-order valence-electron chi connectivity index (χ3n) is 3.22. The van der Waals surface area contributed by atoms with Gasteiger partial charge >= 0.3 is 0 Å². The molecule has 0 heterocycles. The highest BCUT2D eigenvalue weighted by Crippen LogP contribution is 2.23. The van der Waals surface area contributed by atoms with Crippen molar-refractivity contribution in [3.8, 4) is 0 Å². The molecule has 1 aromatic rings. The summed E-state index contributed by atoms with van der Waals surface area (Å²) in [7, 11) is 1.80. The summed E-state index contributed by atoms with van der Waals surface area (Å²) in [4.78, 5) is 13.8. The van der Waals surface area contributed by atoms with E-state index in [0.717, 1.165) is 18.4 Å². The third kappa shape index (κ3) is 2.81. The van der Waals surface area contributed by atoms with Crippen molar-refractivity contribution >= 4 is 17.5 Å². The molecule has 3 heteroatoms. The molecule has 0 saturated heterocycles. The van der Waals surface area contributed by atoms with Gasteiger partial charge in [0.2, 0.25) is 0 Å². The van der Waals surface area contributed by atoms with E-state index >= 15 is 0 Å². The number of rotatable bonds is 3. The average Bonchev–Trinajstić information content (AvgIpc) is 2.73. The Balaban J connectivity index is 2.14. The molecule has 2 nitrogen and oxygen atoms in total. The minimum absolute atomic E-state index is 0.0154. The number of hydrogen-bond acceptors (Lipinski definition) is 1. The molecule has 0 bridgehead atoms. The predicted octanol–water partition coefficient (Wildman–Crippen LogP) is 2.87.